The van der Waals surface area contributed by atoms with Gasteiger partial charge in [0.25, 0.3) is 0 Å². The monoisotopic (exact) mass is 329 g/mol. The zero-order valence-corrected chi connectivity index (χ0v) is 11.7. The van der Waals surface area contributed by atoms with E-state index < -0.39 is 21.8 Å². The maximum Gasteiger partial charge on any atom is 0.451 e. The highest BCUT2D eigenvalue weighted by atomic mass is 35.5. The molecule has 0 radical (unpaired) electrons. The minimum absolute atomic E-state index is 0.0327. The van der Waals surface area contributed by atoms with Crippen LogP contribution in [0, 0.1) is 5.92 Å². The number of alkyl halides is 3. The lowest BCUT2D eigenvalue weighted by atomic mass is 10.1. The van der Waals surface area contributed by atoms with E-state index in [1.807, 2.05) is 0 Å². The van der Waals surface area contributed by atoms with Crippen LogP contribution in [0.5, 0.6) is 0 Å². The summed E-state index contributed by atoms with van der Waals surface area (Å²) in [4.78, 5) is 6.42. The van der Waals surface area contributed by atoms with Gasteiger partial charge in [0.2, 0.25) is 5.82 Å². The highest BCUT2D eigenvalue weighted by molar-refractivity contribution is 7.91. The summed E-state index contributed by atoms with van der Waals surface area (Å²) in [6.45, 7) is 0.226. The maximum atomic E-state index is 12.5. The van der Waals surface area contributed by atoms with Crippen molar-refractivity contribution in [3.8, 4) is 0 Å². The van der Waals surface area contributed by atoms with Crippen molar-refractivity contribution >= 4 is 27.3 Å². The first-order valence-electron chi connectivity index (χ1n) is 5.72. The Labute approximate surface area is 118 Å². The van der Waals surface area contributed by atoms with Crippen LogP contribution in [0.1, 0.15) is 12.2 Å². The van der Waals surface area contributed by atoms with Gasteiger partial charge in [-0.1, -0.05) is 11.6 Å². The van der Waals surface area contributed by atoms with Gasteiger partial charge in [-0.05, 0) is 12.3 Å². The summed E-state index contributed by atoms with van der Waals surface area (Å²) in [5, 5.41) is 2.35. The largest absolute Gasteiger partial charge is 0.451 e. The van der Waals surface area contributed by atoms with E-state index in [4.69, 9.17) is 11.6 Å². The molecule has 2 heterocycles. The van der Waals surface area contributed by atoms with Crippen molar-refractivity contribution in [3.05, 3.63) is 17.0 Å². The first kappa shape index (κ1) is 15.3. The van der Waals surface area contributed by atoms with Crippen LogP contribution in [0.4, 0.5) is 19.0 Å². The second-order valence-corrected chi connectivity index (χ2v) is 7.16. The summed E-state index contributed by atoms with van der Waals surface area (Å²) < 4.78 is 60.0. The van der Waals surface area contributed by atoms with Gasteiger partial charge in [0.05, 0.1) is 11.5 Å². The van der Waals surface area contributed by atoms with Crippen LogP contribution in [0.3, 0.4) is 0 Å². The molecule has 0 spiro atoms. The number of anilines is 1. The molecule has 1 aromatic rings. The van der Waals surface area contributed by atoms with Gasteiger partial charge in [0, 0.05) is 12.6 Å². The van der Waals surface area contributed by atoms with Crippen LogP contribution in [-0.2, 0) is 16.0 Å². The van der Waals surface area contributed by atoms with Gasteiger partial charge < -0.3 is 5.32 Å². The fraction of sp³-hybridized carbons (Fsp3) is 0.600. The van der Waals surface area contributed by atoms with Crippen LogP contribution in [0.2, 0.25) is 5.15 Å². The van der Waals surface area contributed by atoms with E-state index in [-0.39, 0.29) is 34.9 Å². The third-order valence-corrected chi connectivity index (χ3v) is 4.88. The number of halogens is 4. The number of nitrogens with one attached hydrogen (secondary N) is 1. The molecular formula is C10H11ClF3N3O2S. The van der Waals surface area contributed by atoms with Gasteiger partial charge in [0.15, 0.2) is 9.84 Å². The second kappa shape index (κ2) is 5.36. The highest BCUT2D eigenvalue weighted by Gasteiger charge is 2.35. The van der Waals surface area contributed by atoms with Gasteiger partial charge in [-0.3, -0.25) is 0 Å². The summed E-state index contributed by atoms with van der Waals surface area (Å²) in [6, 6.07) is 1.17. The van der Waals surface area contributed by atoms with E-state index in [2.05, 4.69) is 15.3 Å². The Kier molecular flexibility index (Phi) is 4.10. The Balaban J connectivity index is 2.05. The smallest absolute Gasteiger partial charge is 0.370 e. The van der Waals surface area contributed by atoms with Crippen molar-refractivity contribution in [2.45, 2.75) is 12.6 Å². The normalized spacial score (nSPS) is 21.9. The molecule has 0 amide bonds. The lowest BCUT2D eigenvalue weighted by Crippen LogP contribution is -2.18. The van der Waals surface area contributed by atoms with Crippen LogP contribution < -0.4 is 5.32 Å². The number of rotatable bonds is 3. The molecule has 1 saturated heterocycles. The van der Waals surface area contributed by atoms with Crippen LogP contribution in [0.15, 0.2) is 6.07 Å². The van der Waals surface area contributed by atoms with Gasteiger partial charge in [-0.25, -0.2) is 18.4 Å². The molecular weight excluding hydrogens is 319 g/mol. The Morgan fingerprint density at radius 2 is 2.10 bits per heavy atom. The van der Waals surface area contributed by atoms with Crippen molar-refractivity contribution in [2.75, 3.05) is 23.4 Å². The Morgan fingerprint density at radius 3 is 2.65 bits per heavy atom. The number of nitrogens with zero attached hydrogens (tertiary/aromatic N) is 2. The molecule has 1 atom stereocenters. The lowest BCUT2D eigenvalue weighted by molar-refractivity contribution is -0.144. The van der Waals surface area contributed by atoms with Crippen LogP contribution in [-0.4, -0.2) is 36.4 Å². The standard InChI is InChI=1S/C10H11ClF3N3O2S/c11-7-3-8(17-9(16-7)10(12,13)14)15-4-6-1-2-20(18,19)5-6/h3,6H,1-2,4-5H2,(H,15,16,17). The topological polar surface area (TPSA) is 72.0 Å². The predicted molar refractivity (Wildman–Crippen MR) is 67.3 cm³/mol. The highest BCUT2D eigenvalue weighted by Crippen LogP contribution is 2.28. The summed E-state index contributed by atoms with van der Waals surface area (Å²) in [7, 11) is -3.02. The summed E-state index contributed by atoms with van der Waals surface area (Å²) in [6.07, 6.45) is -4.20. The van der Waals surface area contributed by atoms with E-state index in [1.54, 1.807) is 0 Å². The molecule has 20 heavy (non-hydrogen) atoms. The molecule has 1 N–H and O–H groups in total. The summed E-state index contributed by atoms with van der Waals surface area (Å²) in [5.41, 5.74) is 0. The van der Waals surface area contributed by atoms with E-state index in [0.29, 0.717) is 6.42 Å². The van der Waals surface area contributed by atoms with Crippen molar-refractivity contribution < 1.29 is 21.6 Å². The number of sulfone groups is 1. The Bertz CT molecular complexity index is 606. The lowest BCUT2D eigenvalue weighted by Gasteiger charge is -2.12. The van der Waals surface area contributed by atoms with E-state index >= 15 is 0 Å². The summed E-state index contributed by atoms with van der Waals surface area (Å²) in [5.74, 6) is -1.39. The molecule has 1 aromatic heterocycles. The first-order valence-corrected chi connectivity index (χ1v) is 7.92. The van der Waals surface area contributed by atoms with Gasteiger partial charge >= 0.3 is 6.18 Å². The number of hydrogen-bond donors (Lipinski definition) is 1. The Hall–Kier alpha value is -1.09. The molecule has 10 heteroatoms. The quantitative estimate of drug-likeness (QED) is 0.859. The fourth-order valence-electron chi connectivity index (χ4n) is 1.92. The van der Waals surface area contributed by atoms with Gasteiger partial charge in [-0.15, -0.1) is 0 Å². The molecule has 1 unspecified atom stereocenters. The minimum Gasteiger partial charge on any atom is -0.370 e. The van der Waals surface area contributed by atoms with Crippen molar-refractivity contribution in [2.24, 2.45) is 5.92 Å². The predicted octanol–water partition coefficient (Wildman–Crippen LogP) is 2.00. The molecule has 1 aliphatic heterocycles. The number of aromatic nitrogens is 2. The SMILES string of the molecule is O=S1(=O)CCC(CNc2cc(Cl)nc(C(F)(F)F)n2)C1. The third-order valence-electron chi connectivity index (χ3n) is 2.85. The van der Waals surface area contributed by atoms with E-state index in [1.165, 1.54) is 6.07 Å². The molecule has 112 valence electrons. The first-order chi connectivity index (χ1) is 9.16. The molecule has 0 aromatic carbocycles. The molecule has 2 rings (SSSR count). The van der Waals surface area contributed by atoms with Crippen molar-refractivity contribution in [1.82, 2.24) is 9.97 Å². The van der Waals surface area contributed by atoms with Crippen molar-refractivity contribution in [3.63, 3.8) is 0 Å². The van der Waals surface area contributed by atoms with E-state index in [0.717, 1.165) is 0 Å². The average molecular weight is 330 g/mol. The molecule has 0 bridgehead atoms. The zero-order valence-electron chi connectivity index (χ0n) is 10.1. The van der Waals surface area contributed by atoms with Crippen molar-refractivity contribution in [1.29, 1.82) is 0 Å². The maximum absolute atomic E-state index is 12.5. The average Bonchev–Trinajstić information content (AvgIpc) is 2.64. The number of hydrogen-bond acceptors (Lipinski definition) is 5. The van der Waals surface area contributed by atoms with Gasteiger partial charge in [0.1, 0.15) is 11.0 Å². The molecule has 1 fully saturated rings. The second-order valence-electron chi connectivity index (χ2n) is 4.55. The molecule has 0 saturated carbocycles. The van der Waals surface area contributed by atoms with Crippen LogP contribution in [0.25, 0.3) is 0 Å². The molecule has 0 aliphatic carbocycles. The Morgan fingerprint density at radius 1 is 1.40 bits per heavy atom. The zero-order chi connectivity index (χ0) is 15.0. The minimum atomic E-state index is -4.68. The van der Waals surface area contributed by atoms with Crippen LogP contribution >= 0.6 is 11.6 Å². The fourth-order valence-corrected chi connectivity index (χ4v) is 3.96. The molecule has 5 nitrogen and oxygen atoms in total. The van der Waals surface area contributed by atoms with E-state index in [9.17, 15) is 21.6 Å². The molecule has 1 aliphatic rings. The summed E-state index contributed by atoms with van der Waals surface area (Å²) >= 11 is 5.51. The third kappa shape index (κ3) is 3.95. The van der Waals surface area contributed by atoms with Gasteiger partial charge in [-0.2, -0.15) is 13.2 Å².